The molecule has 6 heteroatoms. The monoisotopic (exact) mass is 398 g/mol. The van der Waals surface area contributed by atoms with Crippen LogP contribution in [0.4, 0.5) is 5.69 Å². The zero-order chi connectivity index (χ0) is 19.3. The lowest BCUT2D eigenvalue weighted by Crippen LogP contribution is -2.35. The van der Waals surface area contributed by atoms with Crippen LogP contribution in [-0.2, 0) is 22.6 Å². The fraction of sp³-hybridized carbons (Fsp3) is 0.455. The molecule has 5 nitrogen and oxygen atoms in total. The molecule has 1 aliphatic heterocycles. The predicted octanol–water partition coefficient (Wildman–Crippen LogP) is 4.37. The molecular weight excluding hydrogens is 372 g/mol. The van der Waals surface area contributed by atoms with Gasteiger partial charge in [-0.2, -0.15) is 0 Å². The van der Waals surface area contributed by atoms with Gasteiger partial charge in [0.15, 0.2) is 0 Å². The van der Waals surface area contributed by atoms with E-state index in [9.17, 15) is 9.59 Å². The van der Waals surface area contributed by atoms with Gasteiger partial charge in [0.2, 0.25) is 11.8 Å². The molecule has 1 fully saturated rings. The topological polar surface area (TPSA) is 58.6 Å². The molecule has 28 heavy (non-hydrogen) atoms. The standard InChI is InChI=1S/C22H26N2O3S/c25-21(8-9-22(26)24-12-10-20-16(15-24)11-13-28-20)23-17-4-3-7-19(14-17)27-18-5-1-2-6-18/h3-4,7,11,13-14,18H,1-2,5-6,8-10,12,15H2,(H,23,25). The van der Waals surface area contributed by atoms with Gasteiger partial charge in [0.25, 0.3) is 0 Å². The molecule has 0 atom stereocenters. The summed E-state index contributed by atoms with van der Waals surface area (Å²) in [6.07, 6.45) is 6.28. The minimum Gasteiger partial charge on any atom is -0.490 e. The Kier molecular flexibility index (Phi) is 5.95. The summed E-state index contributed by atoms with van der Waals surface area (Å²) in [6, 6.07) is 9.61. The van der Waals surface area contributed by atoms with Gasteiger partial charge in [0, 0.05) is 42.6 Å². The van der Waals surface area contributed by atoms with Crippen LogP contribution in [0.3, 0.4) is 0 Å². The van der Waals surface area contributed by atoms with Crippen molar-refractivity contribution in [2.24, 2.45) is 0 Å². The molecule has 2 amide bonds. The molecule has 2 aromatic rings. The van der Waals surface area contributed by atoms with E-state index in [-0.39, 0.29) is 30.8 Å². The lowest BCUT2D eigenvalue weighted by atomic mass is 10.1. The highest BCUT2D eigenvalue weighted by Crippen LogP contribution is 2.26. The van der Waals surface area contributed by atoms with Crippen LogP contribution in [0.15, 0.2) is 35.7 Å². The van der Waals surface area contributed by atoms with Crippen molar-refractivity contribution in [1.82, 2.24) is 4.90 Å². The summed E-state index contributed by atoms with van der Waals surface area (Å²) >= 11 is 1.76. The maximum absolute atomic E-state index is 12.5. The number of ether oxygens (including phenoxy) is 1. The maximum Gasteiger partial charge on any atom is 0.224 e. The van der Waals surface area contributed by atoms with E-state index in [0.29, 0.717) is 12.2 Å². The summed E-state index contributed by atoms with van der Waals surface area (Å²) in [6.45, 7) is 1.41. The van der Waals surface area contributed by atoms with Gasteiger partial charge in [-0.3, -0.25) is 9.59 Å². The summed E-state index contributed by atoms with van der Waals surface area (Å²) < 4.78 is 5.99. The number of hydrogen-bond acceptors (Lipinski definition) is 4. The second-order valence-corrected chi connectivity index (χ2v) is 8.54. The van der Waals surface area contributed by atoms with Gasteiger partial charge in [0.1, 0.15) is 5.75 Å². The summed E-state index contributed by atoms with van der Waals surface area (Å²) in [5, 5.41) is 4.97. The Morgan fingerprint density at radius 3 is 2.89 bits per heavy atom. The van der Waals surface area contributed by atoms with Crippen LogP contribution in [0, 0.1) is 0 Å². The van der Waals surface area contributed by atoms with Crippen molar-refractivity contribution in [2.75, 3.05) is 11.9 Å². The SMILES string of the molecule is O=C(CCC(=O)N1CCc2sccc2C1)Nc1cccc(OC2CCCC2)c1. The lowest BCUT2D eigenvalue weighted by molar-refractivity contribution is -0.133. The van der Waals surface area contributed by atoms with E-state index in [4.69, 9.17) is 4.74 Å². The smallest absolute Gasteiger partial charge is 0.224 e. The third-order valence-corrected chi connectivity index (χ3v) is 6.47. The van der Waals surface area contributed by atoms with Crippen LogP contribution in [-0.4, -0.2) is 29.4 Å². The normalized spacial score (nSPS) is 16.6. The number of benzene rings is 1. The summed E-state index contributed by atoms with van der Waals surface area (Å²) in [5.74, 6) is 0.700. The molecule has 0 spiro atoms. The highest BCUT2D eigenvalue weighted by Gasteiger charge is 2.22. The molecule has 148 valence electrons. The number of carbonyl (C=O) groups excluding carboxylic acids is 2. The van der Waals surface area contributed by atoms with Gasteiger partial charge in [-0.05, 0) is 61.2 Å². The van der Waals surface area contributed by atoms with E-state index >= 15 is 0 Å². The average Bonchev–Trinajstić information content (AvgIpc) is 3.37. The third kappa shape index (κ3) is 4.73. The Hall–Kier alpha value is -2.34. The number of carbonyl (C=O) groups is 2. The van der Waals surface area contributed by atoms with Gasteiger partial charge in [-0.1, -0.05) is 6.07 Å². The predicted molar refractivity (Wildman–Crippen MR) is 111 cm³/mol. The van der Waals surface area contributed by atoms with E-state index in [0.717, 1.165) is 31.6 Å². The van der Waals surface area contributed by atoms with E-state index in [1.54, 1.807) is 11.3 Å². The van der Waals surface area contributed by atoms with Crippen LogP contribution in [0.2, 0.25) is 0 Å². The number of nitrogens with one attached hydrogen (secondary N) is 1. The zero-order valence-corrected chi connectivity index (χ0v) is 16.8. The number of rotatable bonds is 6. The lowest BCUT2D eigenvalue weighted by Gasteiger charge is -2.27. The van der Waals surface area contributed by atoms with Gasteiger partial charge in [-0.15, -0.1) is 11.3 Å². The molecule has 0 unspecified atom stereocenters. The molecule has 1 saturated carbocycles. The van der Waals surface area contributed by atoms with Gasteiger partial charge in [0.05, 0.1) is 6.10 Å². The van der Waals surface area contributed by atoms with Gasteiger partial charge < -0.3 is 15.0 Å². The largest absolute Gasteiger partial charge is 0.490 e. The summed E-state index contributed by atoms with van der Waals surface area (Å²) in [7, 11) is 0. The summed E-state index contributed by atoms with van der Waals surface area (Å²) in [4.78, 5) is 28.0. The fourth-order valence-corrected chi connectivity index (χ4v) is 4.80. The molecule has 2 heterocycles. The third-order valence-electron chi connectivity index (χ3n) is 5.45. The highest BCUT2D eigenvalue weighted by molar-refractivity contribution is 7.10. The second kappa shape index (κ2) is 8.78. The first-order chi connectivity index (χ1) is 13.7. The van der Waals surface area contributed by atoms with Crippen molar-refractivity contribution in [3.8, 4) is 5.75 Å². The molecule has 1 N–H and O–H groups in total. The Morgan fingerprint density at radius 1 is 1.18 bits per heavy atom. The molecule has 0 radical (unpaired) electrons. The van der Waals surface area contributed by atoms with Crippen molar-refractivity contribution < 1.29 is 14.3 Å². The zero-order valence-electron chi connectivity index (χ0n) is 16.0. The van der Waals surface area contributed by atoms with Crippen LogP contribution in [0.25, 0.3) is 0 Å². The van der Waals surface area contributed by atoms with E-state index in [1.807, 2.05) is 29.2 Å². The molecule has 4 rings (SSSR count). The molecule has 2 aliphatic rings. The first kappa shape index (κ1) is 19.0. The minimum absolute atomic E-state index is 0.0466. The van der Waals surface area contributed by atoms with Crippen LogP contribution >= 0.6 is 11.3 Å². The molecule has 1 aromatic carbocycles. The average molecular weight is 399 g/mol. The minimum atomic E-state index is -0.139. The van der Waals surface area contributed by atoms with Gasteiger partial charge >= 0.3 is 0 Å². The van der Waals surface area contributed by atoms with Crippen LogP contribution in [0.1, 0.15) is 49.0 Å². The molecular formula is C22H26N2O3S. The highest BCUT2D eigenvalue weighted by atomic mass is 32.1. The number of fused-ring (bicyclic) bond motifs is 1. The van der Waals surface area contributed by atoms with Crippen molar-refractivity contribution in [3.05, 3.63) is 46.2 Å². The number of amides is 2. The van der Waals surface area contributed by atoms with Crippen molar-refractivity contribution in [3.63, 3.8) is 0 Å². The van der Waals surface area contributed by atoms with Crippen LogP contribution < -0.4 is 10.1 Å². The van der Waals surface area contributed by atoms with E-state index < -0.39 is 0 Å². The van der Waals surface area contributed by atoms with Crippen molar-refractivity contribution >= 4 is 28.8 Å². The van der Waals surface area contributed by atoms with E-state index in [1.165, 1.54) is 23.3 Å². The Bertz CT molecular complexity index is 842. The fourth-order valence-electron chi connectivity index (χ4n) is 3.91. The Morgan fingerprint density at radius 2 is 2.04 bits per heavy atom. The second-order valence-electron chi connectivity index (χ2n) is 7.53. The number of nitrogens with zero attached hydrogens (tertiary/aromatic N) is 1. The quantitative estimate of drug-likeness (QED) is 0.786. The summed E-state index contributed by atoms with van der Waals surface area (Å²) in [5.41, 5.74) is 1.96. The molecule has 0 bridgehead atoms. The Labute approximate surface area is 169 Å². The number of thiophene rings is 1. The van der Waals surface area contributed by atoms with Crippen molar-refractivity contribution in [2.45, 2.75) is 57.6 Å². The maximum atomic E-state index is 12.5. The number of hydrogen-bond donors (Lipinski definition) is 1. The molecule has 1 aromatic heterocycles. The molecule has 1 aliphatic carbocycles. The first-order valence-electron chi connectivity index (χ1n) is 10.1. The van der Waals surface area contributed by atoms with Gasteiger partial charge in [-0.25, -0.2) is 0 Å². The first-order valence-corrected chi connectivity index (χ1v) is 10.9. The Balaban J connectivity index is 1.25. The van der Waals surface area contributed by atoms with Crippen LogP contribution in [0.5, 0.6) is 5.75 Å². The number of anilines is 1. The van der Waals surface area contributed by atoms with Crippen molar-refractivity contribution in [1.29, 1.82) is 0 Å². The van der Waals surface area contributed by atoms with E-state index in [2.05, 4.69) is 16.8 Å². The molecule has 0 saturated heterocycles.